The summed E-state index contributed by atoms with van der Waals surface area (Å²) in [5.74, 6) is 1.58. The van der Waals surface area contributed by atoms with Crippen LogP contribution in [0.3, 0.4) is 0 Å². The van der Waals surface area contributed by atoms with Crippen molar-refractivity contribution in [2.45, 2.75) is 31.7 Å². The van der Waals surface area contributed by atoms with Gasteiger partial charge in [-0.3, -0.25) is 9.59 Å². The quantitative estimate of drug-likeness (QED) is 0.745. The van der Waals surface area contributed by atoms with Gasteiger partial charge >= 0.3 is 0 Å². The molecule has 2 saturated heterocycles. The molecule has 1 aromatic rings. The second kappa shape index (κ2) is 8.97. The van der Waals surface area contributed by atoms with E-state index in [2.05, 4.69) is 13.8 Å². The Balaban J connectivity index is 1.87. The number of carbonyl (C=O) groups excluding carboxylic acids is 2. The molecule has 2 aliphatic heterocycles. The van der Waals surface area contributed by atoms with Crippen molar-refractivity contribution in [3.8, 4) is 5.75 Å². The molecule has 2 atom stereocenters. The third-order valence-electron chi connectivity index (χ3n) is 4.94. The molecule has 0 bridgehead atoms. The average molecular weight is 393 g/mol. The zero-order valence-electron chi connectivity index (χ0n) is 16.2. The van der Waals surface area contributed by atoms with Crippen LogP contribution in [0.25, 0.3) is 0 Å². The topological polar surface area (TPSA) is 59.1 Å². The van der Waals surface area contributed by atoms with Gasteiger partial charge in [0.1, 0.15) is 17.2 Å². The van der Waals surface area contributed by atoms with Crippen LogP contribution in [0.1, 0.15) is 31.2 Å². The number of nitrogens with zero attached hydrogens (tertiary/aromatic N) is 2. The molecule has 0 saturated carbocycles. The van der Waals surface area contributed by atoms with Gasteiger partial charge in [-0.15, -0.1) is 11.8 Å². The molecular formula is C20H28N2O4S. The fourth-order valence-electron chi connectivity index (χ4n) is 3.57. The lowest BCUT2D eigenvalue weighted by molar-refractivity contribution is -0.148. The van der Waals surface area contributed by atoms with Crippen LogP contribution in [0.4, 0.5) is 0 Å². The van der Waals surface area contributed by atoms with Crippen molar-refractivity contribution in [1.29, 1.82) is 0 Å². The SMILES string of the molecule is COc1ccc([C@H]2SCC(=O)N2[C@@H](CC(C)C)C(=O)N2CCOCC2)cc1. The van der Waals surface area contributed by atoms with Crippen molar-refractivity contribution in [1.82, 2.24) is 9.80 Å². The van der Waals surface area contributed by atoms with Crippen LogP contribution in [-0.4, -0.2) is 66.8 Å². The number of thioether (sulfide) groups is 1. The van der Waals surface area contributed by atoms with Gasteiger partial charge in [0.2, 0.25) is 11.8 Å². The molecule has 2 aliphatic rings. The van der Waals surface area contributed by atoms with E-state index in [1.165, 1.54) is 0 Å². The molecule has 0 N–H and O–H groups in total. The standard InChI is InChI=1S/C20H28N2O4S/c1-14(2)12-17(19(24)21-8-10-26-11-9-21)22-18(23)13-27-20(22)15-4-6-16(25-3)7-5-15/h4-7,14,17,20H,8-13H2,1-3H3/t17-,20+/m0/s1. The maximum Gasteiger partial charge on any atom is 0.245 e. The molecule has 2 fully saturated rings. The first-order valence-electron chi connectivity index (χ1n) is 9.44. The number of ether oxygens (including phenoxy) is 2. The number of amides is 2. The molecule has 3 rings (SSSR count). The Morgan fingerprint density at radius 2 is 1.93 bits per heavy atom. The molecule has 0 spiro atoms. The van der Waals surface area contributed by atoms with Crippen molar-refractivity contribution < 1.29 is 19.1 Å². The summed E-state index contributed by atoms with van der Waals surface area (Å²) in [7, 11) is 1.63. The van der Waals surface area contributed by atoms with Gasteiger partial charge in [0.25, 0.3) is 0 Å². The predicted molar refractivity (Wildman–Crippen MR) is 106 cm³/mol. The monoisotopic (exact) mass is 392 g/mol. The molecule has 0 unspecified atom stereocenters. The maximum absolute atomic E-state index is 13.3. The van der Waals surface area contributed by atoms with E-state index in [1.54, 1.807) is 18.9 Å². The van der Waals surface area contributed by atoms with E-state index in [0.717, 1.165) is 11.3 Å². The van der Waals surface area contributed by atoms with Gasteiger partial charge in [-0.1, -0.05) is 26.0 Å². The third-order valence-corrected chi connectivity index (χ3v) is 6.17. The lowest BCUT2D eigenvalue weighted by Crippen LogP contribution is -2.53. The van der Waals surface area contributed by atoms with Crippen molar-refractivity contribution in [3.63, 3.8) is 0 Å². The Hall–Kier alpha value is -1.73. The number of rotatable bonds is 6. The number of morpholine rings is 1. The molecule has 2 heterocycles. The minimum Gasteiger partial charge on any atom is -0.497 e. The van der Waals surface area contributed by atoms with E-state index in [4.69, 9.17) is 9.47 Å². The molecule has 0 radical (unpaired) electrons. The molecular weight excluding hydrogens is 364 g/mol. The Morgan fingerprint density at radius 3 is 2.52 bits per heavy atom. The van der Waals surface area contributed by atoms with Gasteiger partial charge < -0.3 is 19.3 Å². The molecule has 2 amide bonds. The van der Waals surface area contributed by atoms with Crippen molar-refractivity contribution in [2.24, 2.45) is 5.92 Å². The number of hydrogen-bond donors (Lipinski definition) is 0. The fraction of sp³-hybridized carbons (Fsp3) is 0.600. The summed E-state index contributed by atoms with van der Waals surface area (Å²) < 4.78 is 10.6. The number of carbonyl (C=O) groups is 2. The molecule has 148 valence electrons. The highest BCUT2D eigenvalue weighted by Gasteiger charge is 2.42. The van der Waals surface area contributed by atoms with Crippen LogP contribution in [0, 0.1) is 5.92 Å². The molecule has 6 nitrogen and oxygen atoms in total. The van der Waals surface area contributed by atoms with Crippen LogP contribution in [0.2, 0.25) is 0 Å². The number of methoxy groups -OCH3 is 1. The summed E-state index contributed by atoms with van der Waals surface area (Å²) in [6.45, 7) is 6.49. The lowest BCUT2D eigenvalue weighted by Gasteiger charge is -2.37. The maximum atomic E-state index is 13.3. The third kappa shape index (κ3) is 4.58. The molecule has 0 aliphatic carbocycles. The van der Waals surface area contributed by atoms with E-state index in [9.17, 15) is 9.59 Å². The number of hydrogen-bond acceptors (Lipinski definition) is 5. The smallest absolute Gasteiger partial charge is 0.245 e. The van der Waals surface area contributed by atoms with Gasteiger partial charge in [-0.05, 0) is 30.0 Å². The van der Waals surface area contributed by atoms with E-state index >= 15 is 0 Å². The van der Waals surface area contributed by atoms with E-state index in [-0.39, 0.29) is 17.2 Å². The fourth-order valence-corrected chi connectivity index (χ4v) is 4.80. The first kappa shape index (κ1) is 20.0. The van der Waals surface area contributed by atoms with Crippen molar-refractivity contribution >= 4 is 23.6 Å². The lowest BCUT2D eigenvalue weighted by atomic mass is 9.99. The first-order chi connectivity index (χ1) is 13.0. The Kier molecular flexibility index (Phi) is 6.65. The van der Waals surface area contributed by atoms with Crippen LogP contribution in [-0.2, 0) is 14.3 Å². The van der Waals surface area contributed by atoms with Gasteiger partial charge in [0.15, 0.2) is 0 Å². The predicted octanol–water partition coefficient (Wildman–Crippen LogP) is 2.54. The zero-order chi connectivity index (χ0) is 19.4. The van der Waals surface area contributed by atoms with E-state index in [1.807, 2.05) is 34.1 Å². The minimum absolute atomic E-state index is 0.0353. The van der Waals surface area contributed by atoms with Gasteiger partial charge in [-0.2, -0.15) is 0 Å². The highest BCUT2D eigenvalue weighted by atomic mass is 32.2. The summed E-state index contributed by atoms with van der Waals surface area (Å²) in [5, 5.41) is -0.142. The summed E-state index contributed by atoms with van der Waals surface area (Å²) in [6, 6.07) is 7.33. The highest BCUT2D eigenvalue weighted by molar-refractivity contribution is 8.00. The Bertz CT molecular complexity index is 658. The van der Waals surface area contributed by atoms with E-state index < -0.39 is 6.04 Å². The van der Waals surface area contributed by atoms with Gasteiger partial charge in [0.05, 0.1) is 26.1 Å². The van der Waals surface area contributed by atoms with Crippen LogP contribution < -0.4 is 4.74 Å². The van der Waals surface area contributed by atoms with Crippen LogP contribution in [0.5, 0.6) is 5.75 Å². The zero-order valence-corrected chi connectivity index (χ0v) is 17.0. The molecule has 27 heavy (non-hydrogen) atoms. The summed E-state index contributed by atoms with van der Waals surface area (Å²) >= 11 is 1.58. The molecule has 0 aromatic heterocycles. The Morgan fingerprint density at radius 1 is 1.26 bits per heavy atom. The van der Waals surface area contributed by atoms with Crippen molar-refractivity contribution in [3.05, 3.63) is 29.8 Å². The number of benzene rings is 1. The average Bonchev–Trinajstić information content (AvgIpc) is 3.07. The minimum atomic E-state index is -0.433. The second-order valence-corrected chi connectivity index (χ2v) is 8.39. The molecule has 7 heteroatoms. The largest absolute Gasteiger partial charge is 0.497 e. The summed E-state index contributed by atoms with van der Waals surface area (Å²) in [4.78, 5) is 29.7. The highest BCUT2D eigenvalue weighted by Crippen LogP contribution is 2.41. The van der Waals surface area contributed by atoms with Gasteiger partial charge in [-0.25, -0.2) is 0 Å². The Labute approximate surface area is 165 Å². The van der Waals surface area contributed by atoms with E-state index in [0.29, 0.717) is 44.4 Å². The van der Waals surface area contributed by atoms with Crippen LogP contribution >= 0.6 is 11.8 Å². The molecule has 1 aromatic carbocycles. The van der Waals surface area contributed by atoms with Crippen molar-refractivity contribution in [2.75, 3.05) is 39.2 Å². The second-order valence-electron chi connectivity index (χ2n) is 7.32. The van der Waals surface area contributed by atoms with Gasteiger partial charge in [0, 0.05) is 13.1 Å². The normalized spacial score (nSPS) is 21.6. The van der Waals surface area contributed by atoms with Crippen LogP contribution in [0.15, 0.2) is 24.3 Å². The summed E-state index contributed by atoms with van der Waals surface area (Å²) in [6.07, 6.45) is 0.662. The first-order valence-corrected chi connectivity index (χ1v) is 10.5. The summed E-state index contributed by atoms with van der Waals surface area (Å²) in [5.41, 5.74) is 1.02.